The second-order valence-electron chi connectivity index (χ2n) is 4.91. The van der Waals surface area contributed by atoms with Gasteiger partial charge in [-0.1, -0.05) is 6.92 Å². The lowest BCUT2D eigenvalue weighted by molar-refractivity contribution is -0.176. The number of esters is 2. The summed E-state index contributed by atoms with van der Waals surface area (Å²) in [6.45, 7) is 6.15. The first-order valence-electron chi connectivity index (χ1n) is 6.50. The quantitative estimate of drug-likeness (QED) is 0.733. The number of nitrogens with one attached hydrogen (secondary N) is 1. The normalized spacial score (nSPS) is 29.4. The monoisotopic (exact) mass is 287 g/mol. The largest absolute Gasteiger partial charge is 0.463 e. The maximum Gasteiger partial charge on any atom is 0.302 e. The highest BCUT2D eigenvalue weighted by atomic mass is 16.6. The first kappa shape index (κ1) is 16.4. The van der Waals surface area contributed by atoms with Gasteiger partial charge >= 0.3 is 11.9 Å². The molecule has 1 rings (SSSR count). The van der Waals surface area contributed by atoms with Crippen LogP contribution in [-0.4, -0.2) is 49.3 Å². The molecule has 0 unspecified atom stereocenters. The lowest BCUT2D eigenvalue weighted by atomic mass is 9.90. The number of rotatable bonds is 4. The van der Waals surface area contributed by atoms with Gasteiger partial charge in [0.2, 0.25) is 5.91 Å². The number of hydrogen-bond donors (Lipinski definition) is 1. The molecule has 7 heteroatoms. The van der Waals surface area contributed by atoms with Crippen molar-refractivity contribution in [1.29, 1.82) is 0 Å². The highest BCUT2D eigenvalue weighted by Gasteiger charge is 2.40. The Bertz CT molecular complexity index is 383. The highest BCUT2D eigenvalue weighted by molar-refractivity contribution is 5.73. The van der Waals surface area contributed by atoms with Gasteiger partial charge in [-0.25, -0.2) is 0 Å². The topological polar surface area (TPSA) is 90.9 Å². The van der Waals surface area contributed by atoms with Crippen LogP contribution in [0.25, 0.3) is 0 Å². The Morgan fingerprint density at radius 3 is 2.35 bits per heavy atom. The van der Waals surface area contributed by atoms with Crippen LogP contribution in [-0.2, 0) is 28.6 Å². The zero-order valence-electron chi connectivity index (χ0n) is 12.2. The van der Waals surface area contributed by atoms with Gasteiger partial charge in [0.1, 0.15) is 12.7 Å². The molecule has 0 aromatic rings. The van der Waals surface area contributed by atoms with Crippen molar-refractivity contribution in [2.45, 2.75) is 45.9 Å². The molecule has 0 radical (unpaired) electrons. The van der Waals surface area contributed by atoms with E-state index in [2.05, 4.69) is 5.32 Å². The van der Waals surface area contributed by atoms with E-state index >= 15 is 0 Å². The van der Waals surface area contributed by atoms with Crippen LogP contribution in [0.4, 0.5) is 0 Å². The predicted molar refractivity (Wildman–Crippen MR) is 68.7 cm³/mol. The minimum atomic E-state index is -0.509. The van der Waals surface area contributed by atoms with Gasteiger partial charge in [-0.05, 0) is 0 Å². The van der Waals surface area contributed by atoms with Gasteiger partial charge in [0.25, 0.3) is 0 Å². The van der Waals surface area contributed by atoms with Gasteiger partial charge in [-0.2, -0.15) is 0 Å². The van der Waals surface area contributed by atoms with Crippen molar-refractivity contribution in [1.82, 2.24) is 5.32 Å². The van der Waals surface area contributed by atoms with Crippen molar-refractivity contribution in [3.8, 4) is 0 Å². The fourth-order valence-electron chi connectivity index (χ4n) is 2.22. The van der Waals surface area contributed by atoms with Crippen molar-refractivity contribution in [3.05, 3.63) is 0 Å². The third kappa shape index (κ3) is 4.80. The van der Waals surface area contributed by atoms with E-state index in [0.29, 0.717) is 0 Å². The molecule has 0 aromatic carbocycles. The van der Waals surface area contributed by atoms with Crippen molar-refractivity contribution in [2.75, 3.05) is 13.2 Å². The Morgan fingerprint density at radius 1 is 1.20 bits per heavy atom. The van der Waals surface area contributed by atoms with Gasteiger partial charge in [0.15, 0.2) is 0 Å². The lowest BCUT2D eigenvalue weighted by Crippen LogP contribution is -2.57. The van der Waals surface area contributed by atoms with Crippen molar-refractivity contribution in [3.63, 3.8) is 0 Å². The van der Waals surface area contributed by atoms with E-state index in [1.54, 1.807) is 0 Å². The summed E-state index contributed by atoms with van der Waals surface area (Å²) in [5, 5.41) is 2.70. The summed E-state index contributed by atoms with van der Waals surface area (Å²) in [5.74, 6) is -1.25. The molecule has 114 valence electrons. The van der Waals surface area contributed by atoms with Crippen LogP contribution in [0.5, 0.6) is 0 Å². The Balaban J connectivity index is 2.73. The maximum absolute atomic E-state index is 11.2. The van der Waals surface area contributed by atoms with E-state index in [1.807, 2.05) is 6.92 Å². The van der Waals surface area contributed by atoms with Crippen LogP contribution >= 0.6 is 0 Å². The number of amides is 1. The molecule has 20 heavy (non-hydrogen) atoms. The summed E-state index contributed by atoms with van der Waals surface area (Å²) < 4.78 is 15.8. The number of hydrogen-bond acceptors (Lipinski definition) is 6. The molecule has 1 amide bonds. The molecule has 0 saturated carbocycles. The van der Waals surface area contributed by atoms with E-state index in [0.717, 1.165) is 0 Å². The second kappa shape index (κ2) is 7.23. The Morgan fingerprint density at radius 2 is 1.85 bits per heavy atom. The Labute approximate surface area is 117 Å². The van der Waals surface area contributed by atoms with E-state index in [1.165, 1.54) is 20.8 Å². The summed E-state index contributed by atoms with van der Waals surface area (Å²) in [6.07, 6.45) is -0.876. The molecule has 7 nitrogen and oxygen atoms in total. The highest BCUT2D eigenvalue weighted by Crippen LogP contribution is 2.25. The van der Waals surface area contributed by atoms with Crippen LogP contribution in [0.1, 0.15) is 27.7 Å². The summed E-state index contributed by atoms with van der Waals surface area (Å²) in [5.41, 5.74) is 0. The predicted octanol–water partition coefficient (Wildman–Crippen LogP) is 0.0208. The molecule has 1 fully saturated rings. The van der Waals surface area contributed by atoms with E-state index in [-0.39, 0.29) is 31.1 Å². The molecule has 0 aliphatic carbocycles. The number of carbonyl (C=O) groups is 3. The van der Waals surface area contributed by atoms with Gasteiger partial charge in [-0.3, -0.25) is 14.4 Å². The molecule has 1 N–H and O–H groups in total. The minimum absolute atomic E-state index is 0.0983. The minimum Gasteiger partial charge on any atom is -0.463 e. The first-order chi connectivity index (χ1) is 9.31. The first-order valence-corrected chi connectivity index (χ1v) is 6.50. The average molecular weight is 287 g/mol. The molecular formula is C13H21NO6. The molecule has 0 spiro atoms. The fraction of sp³-hybridized carbons (Fsp3) is 0.769. The van der Waals surface area contributed by atoms with Gasteiger partial charge in [0, 0.05) is 26.7 Å². The molecule has 1 heterocycles. The summed E-state index contributed by atoms with van der Waals surface area (Å²) in [4.78, 5) is 33.2. The average Bonchev–Trinajstić information content (AvgIpc) is 2.31. The van der Waals surface area contributed by atoms with Crippen LogP contribution in [0, 0.1) is 5.92 Å². The van der Waals surface area contributed by atoms with Crippen molar-refractivity contribution in [2.24, 2.45) is 5.92 Å². The van der Waals surface area contributed by atoms with Crippen molar-refractivity contribution >= 4 is 17.8 Å². The fourth-order valence-corrected chi connectivity index (χ4v) is 2.22. The molecule has 0 bridgehead atoms. The van der Waals surface area contributed by atoms with E-state index in [4.69, 9.17) is 14.2 Å². The molecule has 0 aromatic heterocycles. The molecule has 4 atom stereocenters. The van der Waals surface area contributed by atoms with Crippen LogP contribution in [0.3, 0.4) is 0 Å². The van der Waals surface area contributed by atoms with E-state index in [9.17, 15) is 14.4 Å². The Hall–Kier alpha value is -1.63. The van der Waals surface area contributed by atoms with Gasteiger partial charge < -0.3 is 19.5 Å². The summed E-state index contributed by atoms with van der Waals surface area (Å²) in [6, 6.07) is -0.403. The summed E-state index contributed by atoms with van der Waals surface area (Å²) in [7, 11) is 0. The van der Waals surface area contributed by atoms with E-state index < -0.39 is 24.1 Å². The molecule has 1 saturated heterocycles. The van der Waals surface area contributed by atoms with Gasteiger partial charge in [-0.15, -0.1) is 0 Å². The SMILES string of the molecule is CC(=O)N[C@H]1CO[C@H](COC(C)=O)[C@H](C)[C@@H]1OC(C)=O. The van der Waals surface area contributed by atoms with Crippen LogP contribution < -0.4 is 5.32 Å². The van der Waals surface area contributed by atoms with Crippen LogP contribution in [0.15, 0.2) is 0 Å². The zero-order valence-corrected chi connectivity index (χ0v) is 12.2. The number of carbonyl (C=O) groups excluding carboxylic acids is 3. The van der Waals surface area contributed by atoms with Crippen molar-refractivity contribution < 1.29 is 28.6 Å². The Kier molecular flexibility index (Phi) is 5.94. The van der Waals surface area contributed by atoms with Gasteiger partial charge in [0.05, 0.1) is 18.8 Å². The third-order valence-electron chi connectivity index (χ3n) is 3.13. The molecule has 1 aliphatic rings. The smallest absolute Gasteiger partial charge is 0.302 e. The zero-order chi connectivity index (χ0) is 15.3. The maximum atomic E-state index is 11.2. The number of ether oxygens (including phenoxy) is 3. The molecular weight excluding hydrogens is 266 g/mol. The standard InChI is InChI=1S/C13H21NO6/c1-7-12(6-18-9(3)16)19-5-11(14-8(2)15)13(7)20-10(4)17/h7,11-13H,5-6H2,1-4H3,(H,14,15)/t7-,11-,12+,13-/m0/s1. The van der Waals surface area contributed by atoms with Crippen LogP contribution in [0.2, 0.25) is 0 Å². The third-order valence-corrected chi connectivity index (χ3v) is 3.13. The molecule has 1 aliphatic heterocycles. The second-order valence-corrected chi connectivity index (χ2v) is 4.91. The lowest BCUT2D eigenvalue weighted by Gasteiger charge is -2.40. The summed E-state index contributed by atoms with van der Waals surface area (Å²) >= 11 is 0.